The predicted molar refractivity (Wildman–Crippen MR) is 91.0 cm³/mol. The summed E-state index contributed by atoms with van der Waals surface area (Å²) in [6, 6.07) is 4.26. The van der Waals surface area contributed by atoms with Crippen LogP contribution in [0.2, 0.25) is 0 Å². The van der Waals surface area contributed by atoms with Crippen molar-refractivity contribution in [1.29, 1.82) is 0 Å². The highest BCUT2D eigenvalue weighted by molar-refractivity contribution is 5.82. The molecule has 1 aromatic heterocycles. The van der Waals surface area contributed by atoms with Gasteiger partial charge in [0.2, 0.25) is 5.91 Å². The third-order valence-electron chi connectivity index (χ3n) is 5.14. The summed E-state index contributed by atoms with van der Waals surface area (Å²) >= 11 is 0. The minimum Gasteiger partial charge on any atom is -0.339 e. The van der Waals surface area contributed by atoms with Gasteiger partial charge in [-0.25, -0.2) is 0 Å². The van der Waals surface area contributed by atoms with Gasteiger partial charge in [-0.1, -0.05) is 13.3 Å². The van der Waals surface area contributed by atoms with Crippen LogP contribution in [-0.2, 0) is 11.3 Å². The van der Waals surface area contributed by atoms with Crippen molar-refractivity contribution in [2.45, 2.75) is 38.8 Å². The molecular weight excluding hydrogens is 288 g/mol. The van der Waals surface area contributed by atoms with Gasteiger partial charge in [0, 0.05) is 45.1 Å². The van der Waals surface area contributed by atoms with Gasteiger partial charge < -0.3 is 4.90 Å². The molecule has 23 heavy (non-hydrogen) atoms. The maximum Gasteiger partial charge on any atom is 0.240 e. The molecule has 1 aromatic rings. The number of piperazine rings is 1. The molecule has 0 saturated carbocycles. The fourth-order valence-corrected chi connectivity index (χ4v) is 3.73. The van der Waals surface area contributed by atoms with Crippen LogP contribution in [0.1, 0.15) is 31.7 Å². The van der Waals surface area contributed by atoms with Gasteiger partial charge >= 0.3 is 0 Å². The van der Waals surface area contributed by atoms with Gasteiger partial charge in [-0.05, 0) is 43.6 Å². The molecule has 1 amide bonds. The van der Waals surface area contributed by atoms with E-state index in [9.17, 15) is 4.79 Å². The topological polar surface area (TPSA) is 39.7 Å². The van der Waals surface area contributed by atoms with Crippen LogP contribution >= 0.6 is 0 Å². The number of amides is 1. The molecule has 0 unspecified atom stereocenters. The maximum atomic E-state index is 12.8. The average Bonchev–Trinajstić information content (AvgIpc) is 2.62. The first kappa shape index (κ1) is 16.4. The molecular formula is C18H28N4O. The number of carbonyl (C=O) groups is 1. The quantitative estimate of drug-likeness (QED) is 0.846. The van der Waals surface area contributed by atoms with Crippen LogP contribution in [0.5, 0.6) is 0 Å². The Morgan fingerprint density at radius 1 is 1.13 bits per heavy atom. The van der Waals surface area contributed by atoms with Crippen LogP contribution in [0.15, 0.2) is 24.5 Å². The summed E-state index contributed by atoms with van der Waals surface area (Å²) in [5.41, 5.74) is 1.30. The van der Waals surface area contributed by atoms with Crippen molar-refractivity contribution in [3.05, 3.63) is 30.1 Å². The van der Waals surface area contributed by atoms with Gasteiger partial charge in [0.25, 0.3) is 0 Å². The van der Waals surface area contributed by atoms with Crippen molar-refractivity contribution in [2.24, 2.45) is 0 Å². The lowest BCUT2D eigenvalue weighted by Crippen LogP contribution is -2.55. The van der Waals surface area contributed by atoms with Crippen molar-refractivity contribution < 1.29 is 4.79 Å². The van der Waals surface area contributed by atoms with E-state index in [1.807, 2.05) is 12.4 Å². The zero-order chi connectivity index (χ0) is 16.1. The van der Waals surface area contributed by atoms with E-state index >= 15 is 0 Å². The Balaban J connectivity index is 1.51. The fraction of sp³-hybridized carbons (Fsp3) is 0.667. The van der Waals surface area contributed by atoms with E-state index in [1.54, 1.807) is 0 Å². The zero-order valence-corrected chi connectivity index (χ0v) is 14.2. The Morgan fingerprint density at radius 3 is 2.57 bits per heavy atom. The number of hydrogen-bond acceptors (Lipinski definition) is 4. The number of hydrogen-bond donors (Lipinski definition) is 0. The third kappa shape index (κ3) is 4.09. The number of carbonyl (C=O) groups excluding carboxylic acids is 1. The summed E-state index contributed by atoms with van der Waals surface area (Å²) in [5, 5.41) is 0. The smallest absolute Gasteiger partial charge is 0.240 e. The maximum absolute atomic E-state index is 12.8. The molecule has 5 nitrogen and oxygen atoms in total. The number of piperidine rings is 1. The molecule has 0 bridgehead atoms. The van der Waals surface area contributed by atoms with Crippen LogP contribution in [0.25, 0.3) is 0 Å². The zero-order valence-electron chi connectivity index (χ0n) is 14.2. The predicted octanol–water partition coefficient (Wildman–Crippen LogP) is 1.60. The van der Waals surface area contributed by atoms with Gasteiger partial charge in [0.1, 0.15) is 0 Å². The van der Waals surface area contributed by atoms with Crippen molar-refractivity contribution in [3.8, 4) is 0 Å². The van der Waals surface area contributed by atoms with E-state index in [1.165, 1.54) is 18.4 Å². The first-order valence-electron chi connectivity index (χ1n) is 8.92. The largest absolute Gasteiger partial charge is 0.339 e. The van der Waals surface area contributed by atoms with E-state index in [0.717, 1.165) is 52.2 Å². The van der Waals surface area contributed by atoms with Gasteiger partial charge in [0.05, 0.1) is 6.04 Å². The minimum absolute atomic E-state index is 0.125. The standard InChI is InChI=1S/C18H28N4O/c1-2-21-10-4-3-5-17(21)18(23)22-13-11-20(12-14-22)15-16-6-8-19-9-7-16/h6-9,17H,2-5,10-15H2,1H3/t17-/m0/s1. The average molecular weight is 316 g/mol. The number of pyridine rings is 1. The fourth-order valence-electron chi connectivity index (χ4n) is 3.73. The molecule has 5 heteroatoms. The molecule has 2 aliphatic rings. The number of nitrogens with zero attached hydrogens (tertiary/aromatic N) is 4. The summed E-state index contributed by atoms with van der Waals surface area (Å²) in [6.07, 6.45) is 7.14. The summed E-state index contributed by atoms with van der Waals surface area (Å²) in [7, 11) is 0. The Morgan fingerprint density at radius 2 is 1.87 bits per heavy atom. The van der Waals surface area contributed by atoms with E-state index in [2.05, 4.69) is 38.7 Å². The first-order chi connectivity index (χ1) is 11.3. The van der Waals surface area contributed by atoms with Crippen LogP contribution in [0.4, 0.5) is 0 Å². The molecule has 3 heterocycles. The third-order valence-corrected chi connectivity index (χ3v) is 5.14. The Hall–Kier alpha value is -1.46. The second-order valence-electron chi connectivity index (χ2n) is 6.60. The van der Waals surface area contributed by atoms with E-state index in [-0.39, 0.29) is 6.04 Å². The first-order valence-corrected chi connectivity index (χ1v) is 8.92. The van der Waals surface area contributed by atoms with E-state index < -0.39 is 0 Å². The molecule has 0 N–H and O–H groups in total. The summed E-state index contributed by atoms with van der Waals surface area (Å²) in [4.78, 5) is 23.8. The lowest BCUT2D eigenvalue weighted by Gasteiger charge is -2.40. The minimum atomic E-state index is 0.125. The van der Waals surface area contributed by atoms with E-state index in [4.69, 9.17) is 0 Å². The molecule has 0 spiro atoms. The highest BCUT2D eigenvalue weighted by Gasteiger charge is 2.32. The molecule has 2 aliphatic heterocycles. The molecule has 0 aromatic carbocycles. The molecule has 0 radical (unpaired) electrons. The van der Waals surface area contributed by atoms with Gasteiger partial charge in [-0.2, -0.15) is 0 Å². The number of aromatic nitrogens is 1. The summed E-state index contributed by atoms with van der Waals surface area (Å²) < 4.78 is 0. The Bertz CT molecular complexity index is 499. The number of likely N-dealkylation sites (tertiary alicyclic amines) is 1. The monoisotopic (exact) mass is 316 g/mol. The van der Waals surface area contributed by atoms with Gasteiger partial charge in [-0.15, -0.1) is 0 Å². The summed E-state index contributed by atoms with van der Waals surface area (Å²) in [5.74, 6) is 0.357. The molecule has 1 atom stereocenters. The SMILES string of the molecule is CCN1CCCC[C@H]1C(=O)N1CCN(Cc2ccncc2)CC1. The highest BCUT2D eigenvalue weighted by atomic mass is 16.2. The van der Waals surface area contributed by atoms with Crippen molar-refractivity contribution in [1.82, 2.24) is 19.7 Å². The normalized spacial score (nSPS) is 23.9. The molecule has 2 saturated heterocycles. The lowest BCUT2D eigenvalue weighted by molar-refractivity contribution is -0.140. The van der Waals surface area contributed by atoms with E-state index in [0.29, 0.717) is 5.91 Å². The van der Waals surface area contributed by atoms with Crippen molar-refractivity contribution >= 4 is 5.91 Å². The molecule has 0 aliphatic carbocycles. The summed E-state index contributed by atoms with van der Waals surface area (Å²) in [6.45, 7) is 8.83. The number of likely N-dealkylation sites (N-methyl/N-ethyl adjacent to an activating group) is 1. The van der Waals surface area contributed by atoms with Crippen LogP contribution in [-0.4, -0.2) is 70.9 Å². The Kier molecular flexibility index (Phi) is 5.62. The van der Waals surface area contributed by atoms with Gasteiger partial charge in [0.15, 0.2) is 0 Å². The Labute approximate surface area is 139 Å². The lowest BCUT2D eigenvalue weighted by atomic mass is 10.0. The van der Waals surface area contributed by atoms with Crippen LogP contribution in [0, 0.1) is 0 Å². The van der Waals surface area contributed by atoms with Crippen LogP contribution < -0.4 is 0 Å². The number of rotatable bonds is 4. The van der Waals surface area contributed by atoms with Crippen LogP contribution in [0.3, 0.4) is 0 Å². The van der Waals surface area contributed by atoms with Crippen molar-refractivity contribution in [2.75, 3.05) is 39.3 Å². The van der Waals surface area contributed by atoms with Gasteiger partial charge in [-0.3, -0.25) is 19.6 Å². The second kappa shape index (κ2) is 7.88. The highest BCUT2D eigenvalue weighted by Crippen LogP contribution is 2.19. The molecule has 3 rings (SSSR count). The molecule has 2 fully saturated rings. The van der Waals surface area contributed by atoms with Crippen molar-refractivity contribution in [3.63, 3.8) is 0 Å². The second-order valence-corrected chi connectivity index (χ2v) is 6.60. The molecule has 126 valence electrons.